The van der Waals surface area contributed by atoms with Crippen LogP contribution in [0.2, 0.25) is 0 Å². The van der Waals surface area contributed by atoms with Crippen LogP contribution in [-0.2, 0) is 0 Å². The van der Waals surface area contributed by atoms with Crippen LogP contribution in [0.1, 0.15) is 57.8 Å². The second kappa shape index (κ2) is 4.00. The molecule has 0 aromatic carbocycles. The molecule has 0 saturated heterocycles. The molecule has 0 aromatic heterocycles. The van der Waals surface area contributed by atoms with Crippen LogP contribution in [0, 0.1) is 11.3 Å². The van der Waals surface area contributed by atoms with Gasteiger partial charge in [0.15, 0.2) is 0 Å². The zero-order chi connectivity index (χ0) is 9.15. The van der Waals surface area contributed by atoms with E-state index in [0.29, 0.717) is 12.0 Å². The molecule has 0 radical (unpaired) electrons. The molecule has 1 N–H and O–H groups in total. The second-order valence-corrected chi connectivity index (χ2v) is 5.06. The van der Waals surface area contributed by atoms with E-state index in [1.807, 2.05) is 0 Å². The lowest BCUT2D eigenvalue weighted by Crippen LogP contribution is -2.36. The fraction of sp³-hybridized carbons (Fsp3) is 1.00. The van der Waals surface area contributed by atoms with Gasteiger partial charge in [0.05, 0.1) is 0 Å². The number of rotatable bonds is 1. The topological polar surface area (TPSA) is 20.2 Å². The molecule has 0 amide bonds. The molecule has 2 atom stereocenters. The van der Waals surface area contributed by atoms with Crippen molar-refractivity contribution in [2.75, 3.05) is 6.61 Å². The van der Waals surface area contributed by atoms with E-state index in [4.69, 9.17) is 0 Å². The minimum absolute atomic E-state index is 0.356. The third-order valence-electron chi connectivity index (χ3n) is 4.39. The first-order chi connectivity index (χ1) is 6.37. The molecule has 13 heavy (non-hydrogen) atoms. The molecular weight excluding hydrogens is 160 g/mol. The highest BCUT2D eigenvalue weighted by Gasteiger charge is 2.40. The van der Waals surface area contributed by atoms with Crippen LogP contribution in [0.3, 0.4) is 0 Å². The van der Waals surface area contributed by atoms with Crippen molar-refractivity contribution in [1.29, 1.82) is 0 Å². The van der Waals surface area contributed by atoms with Gasteiger partial charge in [-0.15, -0.1) is 0 Å². The summed E-state index contributed by atoms with van der Waals surface area (Å²) < 4.78 is 0. The Morgan fingerprint density at radius 3 is 2.23 bits per heavy atom. The summed E-state index contributed by atoms with van der Waals surface area (Å²) in [5.41, 5.74) is 0.356. The minimum Gasteiger partial charge on any atom is -0.396 e. The Kier molecular flexibility index (Phi) is 2.92. The lowest BCUT2D eigenvalue weighted by Gasteiger charge is -2.42. The predicted molar refractivity (Wildman–Crippen MR) is 54.6 cm³/mol. The van der Waals surface area contributed by atoms with Crippen LogP contribution < -0.4 is 0 Å². The van der Waals surface area contributed by atoms with E-state index in [1.165, 1.54) is 57.8 Å². The molecular formula is C12H22O. The van der Waals surface area contributed by atoms with Gasteiger partial charge < -0.3 is 5.11 Å². The Morgan fingerprint density at radius 1 is 0.923 bits per heavy atom. The zero-order valence-corrected chi connectivity index (χ0v) is 8.60. The molecule has 2 aliphatic rings. The molecule has 2 saturated carbocycles. The highest BCUT2D eigenvalue weighted by molar-refractivity contribution is 4.90. The molecule has 1 nitrogen and oxygen atoms in total. The maximum absolute atomic E-state index is 9.60. The van der Waals surface area contributed by atoms with E-state index in [-0.39, 0.29) is 0 Å². The van der Waals surface area contributed by atoms with Gasteiger partial charge in [0.2, 0.25) is 0 Å². The van der Waals surface area contributed by atoms with Crippen molar-refractivity contribution in [3.05, 3.63) is 0 Å². The molecule has 0 spiro atoms. The van der Waals surface area contributed by atoms with E-state index in [1.54, 1.807) is 0 Å². The van der Waals surface area contributed by atoms with Gasteiger partial charge in [0.1, 0.15) is 0 Å². The summed E-state index contributed by atoms with van der Waals surface area (Å²) in [7, 11) is 0. The van der Waals surface area contributed by atoms with Crippen LogP contribution in [0.15, 0.2) is 0 Å². The predicted octanol–water partition coefficient (Wildman–Crippen LogP) is 3.12. The van der Waals surface area contributed by atoms with Crippen molar-refractivity contribution in [2.45, 2.75) is 57.8 Å². The molecule has 1 heteroatoms. The molecule has 0 aliphatic heterocycles. The summed E-state index contributed by atoms with van der Waals surface area (Å²) in [6.07, 6.45) is 12.3. The smallest absolute Gasteiger partial charge is 0.0490 e. The number of aliphatic hydroxyl groups is 1. The third-order valence-corrected chi connectivity index (χ3v) is 4.39. The van der Waals surface area contributed by atoms with Gasteiger partial charge in [-0.25, -0.2) is 0 Å². The highest BCUT2D eigenvalue weighted by atomic mass is 16.3. The molecule has 0 aromatic rings. The summed E-state index contributed by atoms with van der Waals surface area (Å²) in [4.78, 5) is 0. The summed E-state index contributed by atoms with van der Waals surface area (Å²) in [6, 6.07) is 0. The highest BCUT2D eigenvalue weighted by Crippen LogP contribution is 2.48. The van der Waals surface area contributed by atoms with Gasteiger partial charge in [-0.3, -0.25) is 0 Å². The Hall–Kier alpha value is -0.0400. The lowest BCUT2D eigenvalue weighted by atomic mass is 9.64. The van der Waals surface area contributed by atoms with Gasteiger partial charge in [-0.2, -0.15) is 0 Å². The maximum atomic E-state index is 9.60. The summed E-state index contributed by atoms with van der Waals surface area (Å²) in [6.45, 7) is 0.456. The molecule has 2 aliphatic carbocycles. The van der Waals surface area contributed by atoms with Gasteiger partial charge in [-0.05, 0) is 37.0 Å². The fourth-order valence-electron chi connectivity index (χ4n) is 3.49. The number of hydrogen-bond acceptors (Lipinski definition) is 1. The van der Waals surface area contributed by atoms with Crippen LogP contribution in [-0.4, -0.2) is 11.7 Å². The first-order valence-electron chi connectivity index (χ1n) is 5.98. The zero-order valence-electron chi connectivity index (χ0n) is 8.60. The number of fused-ring (bicyclic) bond motifs is 1. The van der Waals surface area contributed by atoms with Crippen molar-refractivity contribution in [3.8, 4) is 0 Å². The molecule has 2 fully saturated rings. The molecule has 2 unspecified atom stereocenters. The van der Waals surface area contributed by atoms with Gasteiger partial charge >= 0.3 is 0 Å². The summed E-state index contributed by atoms with van der Waals surface area (Å²) in [5.74, 6) is 0.855. The largest absolute Gasteiger partial charge is 0.396 e. The summed E-state index contributed by atoms with van der Waals surface area (Å²) >= 11 is 0. The Bertz CT molecular complexity index is 167. The fourth-order valence-corrected chi connectivity index (χ4v) is 3.49. The Balaban J connectivity index is 2.11. The first kappa shape index (κ1) is 9.51. The number of hydrogen-bond donors (Lipinski definition) is 1. The van der Waals surface area contributed by atoms with Crippen LogP contribution in [0.4, 0.5) is 0 Å². The summed E-state index contributed by atoms with van der Waals surface area (Å²) in [5, 5.41) is 9.60. The maximum Gasteiger partial charge on any atom is 0.0490 e. The van der Waals surface area contributed by atoms with Gasteiger partial charge in [0.25, 0.3) is 0 Å². The number of aliphatic hydroxyl groups excluding tert-OH is 1. The van der Waals surface area contributed by atoms with Crippen molar-refractivity contribution >= 4 is 0 Å². The van der Waals surface area contributed by atoms with Crippen LogP contribution in [0.5, 0.6) is 0 Å². The normalized spacial score (nSPS) is 40.8. The quantitative estimate of drug-likeness (QED) is 0.660. The van der Waals surface area contributed by atoms with E-state index in [9.17, 15) is 5.11 Å². The molecule has 2 rings (SSSR count). The molecule has 0 heterocycles. The van der Waals surface area contributed by atoms with E-state index in [2.05, 4.69) is 0 Å². The standard InChI is InChI=1S/C12H22O/c13-10-12-8-4-1-2-6-11(12)7-3-5-9-12/h11,13H,1-10H2. The van der Waals surface area contributed by atoms with Crippen LogP contribution >= 0.6 is 0 Å². The van der Waals surface area contributed by atoms with E-state index in [0.717, 1.165) is 5.92 Å². The van der Waals surface area contributed by atoms with Gasteiger partial charge in [0, 0.05) is 6.61 Å². The average Bonchev–Trinajstić information content (AvgIpc) is 2.40. The minimum atomic E-state index is 0.356. The first-order valence-corrected chi connectivity index (χ1v) is 5.98. The SMILES string of the molecule is OCC12CCCCCC1CCCC2. The van der Waals surface area contributed by atoms with E-state index < -0.39 is 0 Å². The molecule has 0 bridgehead atoms. The second-order valence-electron chi connectivity index (χ2n) is 5.06. The Morgan fingerprint density at radius 2 is 1.54 bits per heavy atom. The monoisotopic (exact) mass is 182 g/mol. The third kappa shape index (κ3) is 1.76. The van der Waals surface area contributed by atoms with Gasteiger partial charge in [-0.1, -0.05) is 32.1 Å². The van der Waals surface area contributed by atoms with E-state index >= 15 is 0 Å². The lowest BCUT2D eigenvalue weighted by molar-refractivity contribution is 0.0171. The molecule has 76 valence electrons. The van der Waals surface area contributed by atoms with Crippen molar-refractivity contribution in [3.63, 3.8) is 0 Å². The average molecular weight is 182 g/mol. The van der Waals surface area contributed by atoms with Crippen molar-refractivity contribution in [2.24, 2.45) is 11.3 Å². The van der Waals surface area contributed by atoms with Crippen molar-refractivity contribution < 1.29 is 5.11 Å². The van der Waals surface area contributed by atoms with Crippen molar-refractivity contribution in [1.82, 2.24) is 0 Å². The Labute approximate surface area is 81.5 Å². The van der Waals surface area contributed by atoms with Crippen LogP contribution in [0.25, 0.3) is 0 Å².